The average molecular weight is 306 g/mol. The normalized spacial score (nSPS) is 16.7. The van der Waals surface area contributed by atoms with Gasteiger partial charge in [-0.1, -0.05) is 13.3 Å². The lowest BCUT2D eigenvalue weighted by Crippen LogP contribution is -2.48. The van der Waals surface area contributed by atoms with E-state index in [-0.39, 0.29) is 12.5 Å². The topological polar surface area (TPSA) is 78.7 Å². The molecule has 122 valence electrons. The lowest BCUT2D eigenvalue weighted by atomic mass is 9.67. The van der Waals surface area contributed by atoms with Crippen molar-refractivity contribution < 1.29 is 9.21 Å². The van der Waals surface area contributed by atoms with Crippen LogP contribution in [0.25, 0.3) is 0 Å². The lowest BCUT2D eigenvalue weighted by Gasteiger charge is -2.41. The molecule has 0 unspecified atom stereocenters. The zero-order valence-electron chi connectivity index (χ0n) is 13.4. The highest BCUT2D eigenvalue weighted by atomic mass is 16.3. The van der Waals surface area contributed by atoms with Gasteiger partial charge in [0, 0.05) is 13.6 Å². The van der Waals surface area contributed by atoms with E-state index >= 15 is 0 Å². The van der Waals surface area contributed by atoms with Crippen molar-refractivity contribution >= 4 is 11.9 Å². The largest absolute Gasteiger partial charge is 0.467 e. The van der Waals surface area contributed by atoms with Crippen molar-refractivity contribution in [3.05, 3.63) is 24.2 Å². The van der Waals surface area contributed by atoms with Crippen molar-refractivity contribution in [2.24, 2.45) is 10.4 Å². The number of nitrogens with one attached hydrogen (secondary N) is 3. The first kappa shape index (κ1) is 16.4. The minimum atomic E-state index is -0.0896. The van der Waals surface area contributed by atoms with Gasteiger partial charge in [-0.2, -0.15) is 0 Å². The molecule has 1 aliphatic rings. The second-order valence-electron chi connectivity index (χ2n) is 5.84. The molecule has 0 bridgehead atoms. The van der Waals surface area contributed by atoms with Gasteiger partial charge in [-0.25, -0.2) is 0 Å². The van der Waals surface area contributed by atoms with E-state index in [9.17, 15) is 4.79 Å². The van der Waals surface area contributed by atoms with Crippen LogP contribution in [0.4, 0.5) is 0 Å². The van der Waals surface area contributed by atoms with Crippen LogP contribution >= 0.6 is 0 Å². The number of guanidine groups is 1. The highest BCUT2D eigenvalue weighted by molar-refractivity contribution is 5.86. The summed E-state index contributed by atoms with van der Waals surface area (Å²) in [5, 5.41) is 9.16. The van der Waals surface area contributed by atoms with E-state index in [0.29, 0.717) is 17.9 Å². The Hall–Kier alpha value is -1.98. The number of rotatable bonds is 7. The maximum atomic E-state index is 11.8. The molecule has 1 heterocycles. The van der Waals surface area contributed by atoms with Gasteiger partial charge in [0.25, 0.3) is 0 Å². The van der Waals surface area contributed by atoms with Crippen LogP contribution in [0.3, 0.4) is 0 Å². The molecule has 0 radical (unpaired) electrons. The molecule has 1 amide bonds. The van der Waals surface area contributed by atoms with Crippen molar-refractivity contribution in [2.45, 2.75) is 39.2 Å². The standard InChI is InChI=1S/C16H26N4O2/c1-3-16(7-5-8-16)12-20-15(17-2)19-11-14(21)18-10-13-6-4-9-22-13/h4,6,9H,3,5,7-8,10-12H2,1-2H3,(H,18,21)(H2,17,19,20). The Labute approximate surface area is 131 Å². The summed E-state index contributed by atoms with van der Waals surface area (Å²) in [6.07, 6.45) is 6.64. The number of carbonyl (C=O) groups is 1. The monoisotopic (exact) mass is 306 g/mol. The first-order valence-corrected chi connectivity index (χ1v) is 7.91. The van der Waals surface area contributed by atoms with Crippen LogP contribution in [-0.4, -0.2) is 32.0 Å². The van der Waals surface area contributed by atoms with Gasteiger partial charge in [-0.3, -0.25) is 9.79 Å². The zero-order valence-corrected chi connectivity index (χ0v) is 13.4. The van der Waals surface area contributed by atoms with E-state index in [1.807, 2.05) is 6.07 Å². The van der Waals surface area contributed by atoms with E-state index in [4.69, 9.17) is 4.42 Å². The summed E-state index contributed by atoms with van der Waals surface area (Å²) < 4.78 is 5.17. The van der Waals surface area contributed by atoms with Crippen LogP contribution < -0.4 is 16.0 Å². The van der Waals surface area contributed by atoms with E-state index in [1.165, 1.54) is 25.7 Å². The number of carbonyl (C=O) groups excluding carboxylic acids is 1. The van der Waals surface area contributed by atoms with Crippen molar-refractivity contribution in [2.75, 3.05) is 20.1 Å². The lowest BCUT2D eigenvalue weighted by molar-refractivity contribution is -0.120. The fraction of sp³-hybridized carbons (Fsp3) is 0.625. The van der Waals surface area contributed by atoms with Crippen LogP contribution in [0, 0.1) is 5.41 Å². The average Bonchev–Trinajstić information content (AvgIpc) is 3.00. The number of amides is 1. The van der Waals surface area contributed by atoms with Crippen molar-refractivity contribution in [1.29, 1.82) is 0 Å². The molecule has 0 spiro atoms. The third kappa shape index (κ3) is 4.51. The minimum absolute atomic E-state index is 0.0896. The second-order valence-corrected chi connectivity index (χ2v) is 5.84. The van der Waals surface area contributed by atoms with E-state index < -0.39 is 0 Å². The van der Waals surface area contributed by atoms with Crippen molar-refractivity contribution in [3.63, 3.8) is 0 Å². The van der Waals surface area contributed by atoms with Gasteiger partial charge in [-0.05, 0) is 36.8 Å². The van der Waals surface area contributed by atoms with Gasteiger partial charge < -0.3 is 20.4 Å². The number of aliphatic imine (C=N–C) groups is 1. The molecule has 22 heavy (non-hydrogen) atoms. The molecule has 1 saturated carbocycles. The molecular weight excluding hydrogens is 280 g/mol. The van der Waals surface area contributed by atoms with Crippen LogP contribution in [0.5, 0.6) is 0 Å². The number of hydrogen-bond donors (Lipinski definition) is 3. The molecular formula is C16H26N4O2. The third-order valence-corrected chi connectivity index (χ3v) is 4.47. The Kier molecular flexibility index (Phi) is 5.86. The first-order valence-electron chi connectivity index (χ1n) is 7.91. The van der Waals surface area contributed by atoms with E-state index in [2.05, 4.69) is 27.9 Å². The molecule has 1 fully saturated rings. The van der Waals surface area contributed by atoms with Gasteiger partial charge in [0.05, 0.1) is 19.4 Å². The molecule has 1 aromatic heterocycles. The highest BCUT2D eigenvalue weighted by Crippen LogP contribution is 2.42. The molecule has 0 atom stereocenters. The Balaban J connectivity index is 1.66. The Bertz CT molecular complexity index is 487. The maximum Gasteiger partial charge on any atom is 0.239 e. The summed E-state index contributed by atoms with van der Waals surface area (Å²) in [6, 6.07) is 3.63. The SMILES string of the molecule is CCC1(CNC(=NC)NCC(=O)NCc2ccco2)CCC1. The summed E-state index contributed by atoms with van der Waals surface area (Å²) in [7, 11) is 1.72. The molecule has 0 aliphatic heterocycles. The van der Waals surface area contributed by atoms with Gasteiger partial charge in [0.15, 0.2) is 5.96 Å². The quantitative estimate of drug-likeness (QED) is 0.528. The molecule has 2 rings (SSSR count). The molecule has 1 aromatic rings. The van der Waals surface area contributed by atoms with Gasteiger partial charge in [0.2, 0.25) is 5.91 Å². The molecule has 6 heteroatoms. The predicted molar refractivity (Wildman–Crippen MR) is 86.5 cm³/mol. The molecule has 0 aromatic carbocycles. The third-order valence-electron chi connectivity index (χ3n) is 4.47. The fourth-order valence-corrected chi connectivity index (χ4v) is 2.65. The molecule has 0 saturated heterocycles. The number of nitrogens with zero attached hydrogens (tertiary/aromatic N) is 1. The second kappa shape index (κ2) is 7.87. The summed E-state index contributed by atoms with van der Waals surface area (Å²) in [5.41, 5.74) is 0.416. The fourth-order valence-electron chi connectivity index (χ4n) is 2.65. The summed E-state index contributed by atoms with van der Waals surface area (Å²) in [6.45, 7) is 3.74. The Morgan fingerprint density at radius 2 is 2.18 bits per heavy atom. The van der Waals surface area contributed by atoms with Crippen molar-refractivity contribution in [1.82, 2.24) is 16.0 Å². The van der Waals surface area contributed by atoms with Crippen LogP contribution in [0.2, 0.25) is 0 Å². The van der Waals surface area contributed by atoms with Crippen LogP contribution in [-0.2, 0) is 11.3 Å². The highest BCUT2D eigenvalue weighted by Gasteiger charge is 2.34. The smallest absolute Gasteiger partial charge is 0.239 e. The van der Waals surface area contributed by atoms with E-state index in [0.717, 1.165) is 12.3 Å². The van der Waals surface area contributed by atoms with Gasteiger partial charge >= 0.3 is 0 Å². The zero-order chi connectivity index (χ0) is 15.8. The Morgan fingerprint density at radius 1 is 1.36 bits per heavy atom. The predicted octanol–water partition coefficient (Wildman–Crippen LogP) is 1.64. The van der Waals surface area contributed by atoms with Crippen molar-refractivity contribution in [3.8, 4) is 0 Å². The van der Waals surface area contributed by atoms with Gasteiger partial charge in [-0.15, -0.1) is 0 Å². The summed E-state index contributed by atoms with van der Waals surface area (Å²) in [5.74, 6) is 1.33. The maximum absolute atomic E-state index is 11.8. The Morgan fingerprint density at radius 3 is 2.73 bits per heavy atom. The minimum Gasteiger partial charge on any atom is -0.467 e. The summed E-state index contributed by atoms with van der Waals surface area (Å²) in [4.78, 5) is 15.9. The van der Waals surface area contributed by atoms with Crippen LogP contribution in [0.1, 0.15) is 38.4 Å². The first-order chi connectivity index (χ1) is 10.7. The number of hydrogen-bond acceptors (Lipinski definition) is 3. The number of furan rings is 1. The molecule has 3 N–H and O–H groups in total. The molecule has 1 aliphatic carbocycles. The van der Waals surface area contributed by atoms with E-state index in [1.54, 1.807) is 19.4 Å². The summed E-state index contributed by atoms with van der Waals surface area (Å²) >= 11 is 0. The van der Waals surface area contributed by atoms with Gasteiger partial charge in [0.1, 0.15) is 5.76 Å². The van der Waals surface area contributed by atoms with Crippen LogP contribution in [0.15, 0.2) is 27.8 Å². The molecule has 6 nitrogen and oxygen atoms in total.